The van der Waals surface area contributed by atoms with Gasteiger partial charge in [0, 0.05) is 13.1 Å². The minimum atomic E-state index is -0.482. The summed E-state index contributed by atoms with van der Waals surface area (Å²) in [4.78, 5) is 17.9. The first-order valence-electron chi connectivity index (χ1n) is 8.12. The van der Waals surface area contributed by atoms with Crippen molar-refractivity contribution in [3.8, 4) is 5.75 Å². The van der Waals surface area contributed by atoms with E-state index in [9.17, 15) is 4.79 Å². The maximum absolute atomic E-state index is 12.3. The SMILES string of the molecule is CC(C)(C)OC(=O)N1CCc2c(ccc(OCc3cnco3)c2I)C1. The molecule has 0 bridgehead atoms. The molecule has 0 atom stereocenters. The van der Waals surface area contributed by atoms with E-state index >= 15 is 0 Å². The second-order valence-corrected chi connectivity index (χ2v) is 8.00. The fourth-order valence-corrected chi connectivity index (χ4v) is 3.60. The first-order chi connectivity index (χ1) is 11.8. The first kappa shape index (κ1) is 18.0. The monoisotopic (exact) mass is 456 g/mol. The van der Waals surface area contributed by atoms with Gasteiger partial charge >= 0.3 is 6.09 Å². The Labute approximate surface area is 160 Å². The Kier molecular flexibility index (Phi) is 5.21. The highest BCUT2D eigenvalue weighted by Crippen LogP contribution is 2.32. The van der Waals surface area contributed by atoms with Gasteiger partial charge < -0.3 is 18.8 Å². The third-order valence-corrected chi connectivity index (χ3v) is 4.99. The molecule has 0 saturated heterocycles. The molecule has 25 heavy (non-hydrogen) atoms. The Balaban J connectivity index is 1.70. The van der Waals surface area contributed by atoms with Crippen LogP contribution in [0, 0.1) is 3.57 Å². The molecule has 1 amide bonds. The third kappa shape index (κ3) is 4.45. The van der Waals surface area contributed by atoms with E-state index in [0.717, 1.165) is 21.3 Å². The second-order valence-electron chi connectivity index (χ2n) is 6.92. The zero-order chi connectivity index (χ0) is 18.0. The summed E-state index contributed by atoms with van der Waals surface area (Å²) in [6, 6.07) is 3.96. The van der Waals surface area contributed by atoms with Crippen LogP contribution in [0.1, 0.15) is 37.7 Å². The molecule has 0 aliphatic carbocycles. The van der Waals surface area contributed by atoms with Crippen LogP contribution < -0.4 is 4.74 Å². The molecular weight excluding hydrogens is 435 g/mol. The molecule has 0 saturated carbocycles. The van der Waals surface area contributed by atoms with Crippen LogP contribution in [0.15, 0.2) is 29.1 Å². The number of oxazole rings is 1. The third-order valence-electron chi connectivity index (χ3n) is 3.80. The topological polar surface area (TPSA) is 64.8 Å². The van der Waals surface area contributed by atoms with Gasteiger partial charge in [-0.3, -0.25) is 0 Å². The maximum atomic E-state index is 12.3. The number of halogens is 1. The molecule has 0 unspecified atom stereocenters. The number of hydrogen-bond donors (Lipinski definition) is 0. The number of ether oxygens (including phenoxy) is 2. The van der Waals surface area contributed by atoms with Crippen LogP contribution in [-0.4, -0.2) is 28.1 Å². The summed E-state index contributed by atoms with van der Waals surface area (Å²) < 4.78 is 17.6. The van der Waals surface area contributed by atoms with Gasteiger partial charge in [-0.15, -0.1) is 0 Å². The maximum Gasteiger partial charge on any atom is 0.410 e. The molecule has 134 valence electrons. The summed E-state index contributed by atoms with van der Waals surface area (Å²) in [5.41, 5.74) is 1.88. The minimum Gasteiger partial charge on any atom is -0.484 e. The number of carbonyl (C=O) groups excluding carboxylic acids is 1. The second kappa shape index (κ2) is 7.23. The molecule has 0 N–H and O–H groups in total. The van der Waals surface area contributed by atoms with E-state index in [0.29, 0.717) is 25.5 Å². The molecule has 1 aromatic heterocycles. The largest absolute Gasteiger partial charge is 0.484 e. The van der Waals surface area contributed by atoms with Crippen LogP contribution in [0.25, 0.3) is 0 Å². The lowest BCUT2D eigenvalue weighted by Crippen LogP contribution is -2.40. The fraction of sp³-hybridized carbons (Fsp3) is 0.444. The van der Waals surface area contributed by atoms with E-state index in [2.05, 4.69) is 27.6 Å². The number of benzene rings is 1. The van der Waals surface area contributed by atoms with Crippen molar-refractivity contribution in [2.75, 3.05) is 6.54 Å². The van der Waals surface area contributed by atoms with Crippen LogP contribution >= 0.6 is 22.6 Å². The van der Waals surface area contributed by atoms with Crippen molar-refractivity contribution in [3.05, 3.63) is 45.2 Å². The Morgan fingerprint density at radius 1 is 1.40 bits per heavy atom. The van der Waals surface area contributed by atoms with Gasteiger partial charge in [-0.05, 0) is 67.0 Å². The number of aromatic nitrogens is 1. The summed E-state index contributed by atoms with van der Waals surface area (Å²) in [7, 11) is 0. The van der Waals surface area contributed by atoms with Crippen LogP contribution in [0.2, 0.25) is 0 Å². The van der Waals surface area contributed by atoms with Crippen LogP contribution in [0.5, 0.6) is 5.75 Å². The standard InChI is InChI=1S/C18H21IN2O4/c1-18(2,3)25-17(22)21-7-6-14-12(9-21)4-5-15(16(14)19)23-10-13-8-20-11-24-13/h4-5,8,11H,6-7,9-10H2,1-3H3. The first-order valence-corrected chi connectivity index (χ1v) is 9.20. The average Bonchev–Trinajstić information content (AvgIpc) is 3.06. The van der Waals surface area contributed by atoms with Crippen molar-refractivity contribution in [1.82, 2.24) is 9.88 Å². The van der Waals surface area contributed by atoms with Crippen molar-refractivity contribution < 1.29 is 18.7 Å². The molecule has 6 nitrogen and oxygen atoms in total. The van der Waals surface area contributed by atoms with E-state index in [-0.39, 0.29) is 6.09 Å². The lowest BCUT2D eigenvalue weighted by molar-refractivity contribution is 0.0223. The highest BCUT2D eigenvalue weighted by Gasteiger charge is 2.27. The van der Waals surface area contributed by atoms with E-state index in [1.54, 1.807) is 11.1 Å². The highest BCUT2D eigenvalue weighted by atomic mass is 127. The normalized spacial score (nSPS) is 14.2. The number of amides is 1. The molecular formula is C18H21IN2O4. The Morgan fingerprint density at radius 3 is 2.88 bits per heavy atom. The van der Waals surface area contributed by atoms with Gasteiger partial charge in [0.15, 0.2) is 12.2 Å². The van der Waals surface area contributed by atoms with Crippen molar-refractivity contribution in [3.63, 3.8) is 0 Å². The van der Waals surface area contributed by atoms with E-state index in [4.69, 9.17) is 13.9 Å². The molecule has 7 heteroatoms. The van der Waals surface area contributed by atoms with Gasteiger partial charge in [0.2, 0.25) is 0 Å². The van der Waals surface area contributed by atoms with Crippen molar-refractivity contribution in [1.29, 1.82) is 0 Å². The number of rotatable bonds is 3. The average molecular weight is 456 g/mol. The summed E-state index contributed by atoms with van der Waals surface area (Å²) in [6.45, 7) is 7.18. The fourth-order valence-electron chi connectivity index (χ4n) is 2.65. The van der Waals surface area contributed by atoms with Crippen molar-refractivity contribution in [2.24, 2.45) is 0 Å². The number of nitrogens with zero attached hydrogens (tertiary/aromatic N) is 2. The number of carbonyl (C=O) groups is 1. The lowest BCUT2D eigenvalue weighted by atomic mass is 10.00. The van der Waals surface area contributed by atoms with Crippen molar-refractivity contribution >= 4 is 28.7 Å². The lowest BCUT2D eigenvalue weighted by Gasteiger charge is -2.32. The molecule has 3 rings (SSSR count). The van der Waals surface area contributed by atoms with Crippen molar-refractivity contribution in [2.45, 2.75) is 45.9 Å². The van der Waals surface area contributed by atoms with E-state index in [1.807, 2.05) is 32.9 Å². The van der Waals surface area contributed by atoms with Gasteiger partial charge in [0.05, 0.1) is 9.77 Å². The summed E-state index contributed by atoms with van der Waals surface area (Å²) in [5, 5.41) is 0. The summed E-state index contributed by atoms with van der Waals surface area (Å²) in [6.07, 6.45) is 3.55. The molecule has 0 radical (unpaired) electrons. The molecule has 0 spiro atoms. The smallest absolute Gasteiger partial charge is 0.410 e. The molecule has 2 aromatic rings. The molecule has 2 heterocycles. The minimum absolute atomic E-state index is 0.265. The molecule has 1 aromatic carbocycles. The zero-order valence-corrected chi connectivity index (χ0v) is 16.7. The summed E-state index contributed by atoms with van der Waals surface area (Å²) in [5.74, 6) is 1.51. The van der Waals surface area contributed by atoms with Crippen LogP contribution in [0.3, 0.4) is 0 Å². The molecule has 0 fully saturated rings. The number of fused-ring (bicyclic) bond motifs is 1. The predicted molar refractivity (Wildman–Crippen MR) is 100 cm³/mol. The highest BCUT2D eigenvalue weighted by molar-refractivity contribution is 14.1. The molecule has 1 aliphatic rings. The number of hydrogen-bond acceptors (Lipinski definition) is 5. The van der Waals surface area contributed by atoms with E-state index in [1.165, 1.54) is 12.0 Å². The van der Waals surface area contributed by atoms with Crippen LogP contribution in [0.4, 0.5) is 4.79 Å². The Hall–Kier alpha value is -1.77. The predicted octanol–water partition coefficient (Wildman–Crippen LogP) is 4.15. The quantitative estimate of drug-likeness (QED) is 0.650. The van der Waals surface area contributed by atoms with Crippen LogP contribution in [-0.2, 0) is 24.3 Å². The van der Waals surface area contributed by atoms with Gasteiger partial charge in [-0.2, -0.15) is 0 Å². The Morgan fingerprint density at radius 2 is 2.20 bits per heavy atom. The van der Waals surface area contributed by atoms with E-state index < -0.39 is 5.60 Å². The van der Waals surface area contributed by atoms with Gasteiger partial charge in [-0.1, -0.05) is 6.07 Å². The summed E-state index contributed by atoms with van der Waals surface area (Å²) >= 11 is 2.31. The molecule has 1 aliphatic heterocycles. The van der Waals surface area contributed by atoms with Gasteiger partial charge in [0.1, 0.15) is 18.0 Å². The Bertz CT molecular complexity index is 753. The van der Waals surface area contributed by atoms with Gasteiger partial charge in [-0.25, -0.2) is 9.78 Å². The van der Waals surface area contributed by atoms with Gasteiger partial charge in [0.25, 0.3) is 0 Å². The zero-order valence-electron chi connectivity index (χ0n) is 14.5.